The van der Waals surface area contributed by atoms with Crippen molar-refractivity contribution in [2.24, 2.45) is 0 Å². The third-order valence-electron chi connectivity index (χ3n) is 5.46. The lowest BCUT2D eigenvalue weighted by molar-refractivity contribution is 0.254. The molecule has 0 aliphatic heterocycles. The van der Waals surface area contributed by atoms with Gasteiger partial charge in [-0.2, -0.15) is 0 Å². The summed E-state index contributed by atoms with van der Waals surface area (Å²) < 4.78 is 6.52. The third kappa shape index (κ3) is 2.92. The van der Waals surface area contributed by atoms with Crippen LogP contribution < -0.4 is 5.73 Å². The van der Waals surface area contributed by atoms with Crippen molar-refractivity contribution in [2.45, 2.75) is 64.1 Å². The van der Waals surface area contributed by atoms with E-state index in [2.05, 4.69) is 38.8 Å². The monoisotopic (exact) mass is 349 g/mol. The van der Waals surface area contributed by atoms with Crippen LogP contribution >= 0.6 is 11.3 Å². The van der Waals surface area contributed by atoms with E-state index in [1.54, 1.807) is 17.5 Å². The van der Waals surface area contributed by atoms with Gasteiger partial charge in [0.2, 0.25) is 0 Å². The first-order chi connectivity index (χ1) is 10.6. The minimum atomic E-state index is -1.76. The maximum atomic E-state index is 6.52. The molecule has 1 fully saturated rings. The minimum Gasteiger partial charge on any atom is -0.416 e. The molecule has 0 amide bonds. The number of anilines is 1. The average molecular weight is 350 g/mol. The number of hydrogen-bond acceptors (Lipinski definition) is 5. The lowest BCUT2D eigenvalue weighted by atomic mass is 9.95. The molecule has 2 aromatic heterocycles. The molecule has 0 radical (unpaired) electrons. The van der Waals surface area contributed by atoms with Crippen LogP contribution in [0.2, 0.25) is 18.1 Å². The number of aromatic nitrogens is 2. The Morgan fingerprint density at radius 1 is 1.35 bits per heavy atom. The fourth-order valence-electron chi connectivity index (χ4n) is 2.71. The van der Waals surface area contributed by atoms with Crippen molar-refractivity contribution in [1.82, 2.24) is 9.97 Å². The van der Waals surface area contributed by atoms with Gasteiger partial charge in [0.1, 0.15) is 10.3 Å². The van der Waals surface area contributed by atoms with E-state index in [0.29, 0.717) is 0 Å². The quantitative estimate of drug-likeness (QED) is 0.817. The van der Waals surface area contributed by atoms with Crippen LogP contribution in [0.5, 0.6) is 0 Å². The summed E-state index contributed by atoms with van der Waals surface area (Å²) in [6, 6.07) is 0. The van der Waals surface area contributed by atoms with Crippen LogP contribution in [0.15, 0.2) is 6.20 Å². The summed E-state index contributed by atoms with van der Waals surface area (Å²) in [4.78, 5) is 10.1. The molecule has 0 atom stereocenters. The van der Waals surface area contributed by atoms with Gasteiger partial charge < -0.3 is 10.2 Å². The van der Waals surface area contributed by atoms with Crippen molar-refractivity contribution < 1.29 is 4.43 Å². The summed E-state index contributed by atoms with van der Waals surface area (Å²) in [5.41, 5.74) is 9.27. The molecule has 0 unspecified atom stereocenters. The van der Waals surface area contributed by atoms with E-state index in [1.165, 1.54) is 5.56 Å². The van der Waals surface area contributed by atoms with Gasteiger partial charge in [0, 0.05) is 17.6 Å². The van der Waals surface area contributed by atoms with Crippen LogP contribution in [0.1, 0.15) is 44.2 Å². The Morgan fingerprint density at radius 2 is 2.00 bits per heavy atom. The Kier molecular flexibility index (Phi) is 3.85. The second-order valence-corrected chi connectivity index (χ2v) is 14.3. The van der Waals surface area contributed by atoms with Gasteiger partial charge in [0.05, 0.1) is 16.9 Å². The van der Waals surface area contributed by atoms with Crippen molar-refractivity contribution in [3.63, 3.8) is 0 Å². The van der Waals surface area contributed by atoms with Crippen LogP contribution in [-0.2, 0) is 9.84 Å². The topological polar surface area (TPSA) is 61.0 Å². The van der Waals surface area contributed by atoms with E-state index >= 15 is 0 Å². The number of hydrogen-bond donors (Lipinski definition) is 1. The van der Waals surface area contributed by atoms with E-state index in [4.69, 9.17) is 15.1 Å². The Labute approximate surface area is 143 Å². The number of fused-ring (bicyclic) bond motifs is 1. The SMILES string of the molecule is Cc1nc2c(C3(CO[Si](C)(C)C(C)(C)C)CC3)c(N)cnc2s1. The van der Waals surface area contributed by atoms with Crippen LogP contribution in [0.3, 0.4) is 0 Å². The first-order valence-corrected chi connectivity index (χ1v) is 11.9. The van der Waals surface area contributed by atoms with Gasteiger partial charge in [-0.25, -0.2) is 9.97 Å². The molecular weight excluding hydrogens is 322 g/mol. The van der Waals surface area contributed by atoms with Crippen molar-refractivity contribution in [2.75, 3.05) is 12.3 Å². The first-order valence-electron chi connectivity index (χ1n) is 8.22. The molecule has 0 bridgehead atoms. The zero-order valence-corrected chi connectivity index (χ0v) is 16.8. The summed E-state index contributed by atoms with van der Waals surface area (Å²) in [5.74, 6) is 0. The molecular formula is C17H27N3OSSi. The summed E-state index contributed by atoms with van der Waals surface area (Å²) >= 11 is 1.64. The van der Waals surface area contributed by atoms with Gasteiger partial charge in [0.25, 0.3) is 0 Å². The molecule has 0 aromatic carbocycles. The summed E-state index contributed by atoms with van der Waals surface area (Å²) in [6.45, 7) is 14.2. The highest BCUT2D eigenvalue weighted by Gasteiger charge is 2.50. The van der Waals surface area contributed by atoms with Gasteiger partial charge >= 0.3 is 0 Å². The molecule has 23 heavy (non-hydrogen) atoms. The second kappa shape index (κ2) is 5.26. The maximum absolute atomic E-state index is 6.52. The summed E-state index contributed by atoms with van der Waals surface area (Å²) in [6.07, 6.45) is 4.05. The smallest absolute Gasteiger partial charge is 0.192 e. The Hall–Kier alpha value is -0.983. The predicted molar refractivity (Wildman–Crippen MR) is 101 cm³/mol. The number of nitrogens with two attached hydrogens (primary N) is 1. The lowest BCUT2D eigenvalue weighted by Gasteiger charge is -2.37. The fourth-order valence-corrected chi connectivity index (χ4v) is 4.54. The zero-order chi connectivity index (χ0) is 17.0. The van der Waals surface area contributed by atoms with E-state index in [9.17, 15) is 0 Å². The average Bonchev–Trinajstić information content (AvgIpc) is 3.10. The van der Waals surface area contributed by atoms with Crippen molar-refractivity contribution >= 4 is 35.7 Å². The fraction of sp³-hybridized carbons (Fsp3) is 0.647. The molecule has 2 N–H and O–H groups in total. The van der Waals surface area contributed by atoms with Gasteiger partial charge in [0.15, 0.2) is 8.32 Å². The molecule has 1 saturated carbocycles. The Morgan fingerprint density at radius 3 is 2.57 bits per heavy atom. The summed E-state index contributed by atoms with van der Waals surface area (Å²) in [7, 11) is -1.76. The largest absolute Gasteiger partial charge is 0.416 e. The van der Waals surface area contributed by atoms with Gasteiger partial charge in [-0.3, -0.25) is 0 Å². The highest BCUT2D eigenvalue weighted by Crippen LogP contribution is 2.53. The molecule has 0 spiro atoms. The molecule has 3 rings (SSSR count). The van der Waals surface area contributed by atoms with Crippen LogP contribution in [0, 0.1) is 6.92 Å². The number of nitrogen functional groups attached to an aromatic ring is 1. The number of nitrogens with zero attached hydrogens (tertiary/aromatic N) is 2. The van der Waals surface area contributed by atoms with Crippen LogP contribution in [0.25, 0.3) is 10.3 Å². The second-order valence-electron chi connectivity index (χ2n) is 8.30. The standard InChI is InChI=1S/C17H27N3OSSi/c1-11-20-14-13(12(18)9-19-15(14)22-11)17(7-8-17)10-21-23(5,6)16(2,3)4/h9H,7-8,10,18H2,1-6H3. The minimum absolute atomic E-state index is 0.0430. The van der Waals surface area contributed by atoms with E-state index in [1.807, 2.05) is 6.92 Å². The molecule has 126 valence electrons. The number of thiazole rings is 1. The molecule has 0 saturated heterocycles. The van der Waals surface area contributed by atoms with Crippen LogP contribution in [-0.4, -0.2) is 24.9 Å². The molecule has 2 heterocycles. The highest BCUT2D eigenvalue weighted by atomic mass is 32.1. The van der Waals surface area contributed by atoms with Gasteiger partial charge in [-0.15, -0.1) is 0 Å². The van der Waals surface area contributed by atoms with Crippen molar-refractivity contribution in [3.05, 3.63) is 16.8 Å². The normalized spacial score (nSPS) is 17.7. The number of pyridine rings is 1. The van der Waals surface area contributed by atoms with Crippen molar-refractivity contribution in [3.8, 4) is 0 Å². The van der Waals surface area contributed by atoms with Gasteiger partial charge in [-0.05, 0) is 37.9 Å². The first kappa shape index (κ1) is 16.9. The maximum Gasteiger partial charge on any atom is 0.192 e. The molecule has 4 nitrogen and oxygen atoms in total. The summed E-state index contributed by atoms with van der Waals surface area (Å²) in [5, 5.41) is 1.26. The third-order valence-corrected chi connectivity index (χ3v) is 10.8. The number of rotatable bonds is 4. The highest BCUT2D eigenvalue weighted by molar-refractivity contribution is 7.18. The molecule has 1 aliphatic carbocycles. The van der Waals surface area contributed by atoms with E-state index in [-0.39, 0.29) is 10.5 Å². The van der Waals surface area contributed by atoms with Crippen molar-refractivity contribution in [1.29, 1.82) is 0 Å². The Bertz CT molecular complexity index is 744. The Balaban J connectivity index is 1.94. The van der Waals surface area contributed by atoms with E-state index in [0.717, 1.165) is 40.5 Å². The lowest BCUT2D eigenvalue weighted by Crippen LogP contribution is -2.42. The molecule has 2 aromatic rings. The molecule has 6 heteroatoms. The van der Waals surface area contributed by atoms with Gasteiger partial charge in [-0.1, -0.05) is 32.1 Å². The van der Waals surface area contributed by atoms with E-state index < -0.39 is 8.32 Å². The van der Waals surface area contributed by atoms with Crippen LogP contribution in [0.4, 0.5) is 5.69 Å². The zero-order valence-electron chi connectivity index (χ0n) is 15.0. The predicted octanol–water partition coefficient (Wildman–Crippen LogP) is 4.64. The number of aryl methyl sites for hydroxylation is 1. The molecule has 1 aliphatic rings.